The van der Waals surface area contributed by atoms with E-state index in [0.29, 0.717) is 6.54 Å². The van der Waals surface area contributed by atoms with Gasteiger partial charge < -0.3 is 10.2 Å². The SMILES string of the molecule is CN(C)C1(CNCc2cc(F)cc(Br)c2)CCCC1. The zero-order valence-corrected chi connectivity index (χ0v) is 13.3. The molecule has 0 atom stereocenters. The van der Waals surface area contributed by atoms with Gasteiger partial charge in [0.15, 0.2) is 0 Å². The lowest BCUT2D eigenvalue weighted by Crippen LogP contribution is -2.49. The lowest BCUT2D eigenvalue weighted by Gasteiger charge is -2.36. The van der Waals surface area contributed by atoms with Gasteiger partial charge in [0, 0.05) is 23.1 Å². The summed E-state index contributed by atoms with van der Waals surface area (Å²) < 4.78 is 14.1. The van der Waals surface area contributed by atoms with Gasteiger partial charge in [0.1, 0.15) is 5.82 Å². The van der Waals surface area contributed by atoms with Crippen LogP contribution in [0, 0.1) is 5.82 Å². The van der Waals surface area contributed by atoms with E-state index < -0.39 is 0 Å². The van der Waals surface area contributed by atoms with E-state index in [-0.39, 0.29) is 11.4 Å². The molecule has 1 aliphatic rings. The number of halogens is 2. The second-order valence-electron chi connectivity index (χ2n) is 5.71. The molecule has 0 amide bonds. The highest BCUT2D eigenvalue weighted by Crippen LogP contribution is 2.33. The first-order chi connectivity index (χ1) is 9.02. The first-order valence-corrected chi connectivity index (χ1v) is 7.64. The smallest absolute Gasteiger partial charge is 0.124 e. The summed E-state index contributed by atoms with van der Waals surface area (Å²) in [6.45, 7) is 1.68. The van der Waals surface area contributed by atoms with Gasteiger partial charge in [-0.15, -0.1) is 0 Å². The average molecular weight is 329 g/mol. The summed E-state index contributed by atoms with van der Waals surface area (Å²) in [7, 11) is 4.32. The van der Waals surface area contributed by atoms with Crippen molar-refractivity contribution < 1.29 is 4.39 Å². The van der Waals surface area contributed by atoms with Crippen molar-refractivity contribution in [3.05, 3.63) is 34.1 Å². The molecule has 19 heavy (non-hydrogen) atoms. The Labute approximate surface area is 123 Å². The maximum Gasteiger partial charge on any atom is 0.124 e. The van der Waals surface area contributed by atoms with Crippen LogP contribution in [0.15, 0.2) is 22.7 Å². The standard InChI is InChI=1S/C15H22BrFN2/c1-19(2)15(5-3-4-6-15)11-18-10-12-7-13(16)9-14(17)8-12/h7-9,18H,3-6,10-11H2,1-2H3. The highest BCUT2D eigenvalue weighted by Gasteiger charge is 2.35. The maximum absolute atomic E-state index is 13.3. The van der Waals surface area contributed by atoms with Gasteiger partial charge in [0.05, 0.1) is 0 Å². The van der Waals surface area contributed by atoms with Gasteiger partial charge in [-0.1, -0.05) is 28.8 Å². The van der Waals surface area contributed by atoms with Crippen LogP contribution in [-0.2, 0) is 6.54 Å². The van der Waals surface area contributed by atoms with Crippen molar-refractivity contribution in [3.8, 4) is 0 Å². The topological polar surface area (TPSA) is 15.3 Å². The van der Waals surface area contributed by atoms with Crippen LogP contribution in [0.4, 0.5) is 4.39 Å². The van der Waals surface area contributed by atoms with Crippen LogP contribution in [-0.4, -0.2) is 31.1 Å². The Morgan fingerprint density at radius 1 is 1.26 bits per heavy atom. The molecule has 0 spiro atoms. The second-order valence-corrected chi connectivity index (χ2v) is 6.62. The van der Waals surface area contributed by atoms with E-state index in [1.54, 1.807) is 6.07 Å². The number of hydrogen-bond donors (Lipinski definition) is 1. The lowest BCUT2D eigenvalue weighted by atomic mass is 9.96. The molecule has 1 N–H and O–H groups in total. The molecule has 0 unspecified atom stereocenters. The Kier molecular flexibility index (Phi) is 4.98. The number of hydrogen-bond acceptors (Lipinski definition) is 2. The molecule has 0 radical (unpaired) electrons. The predicted octanol–water partition coefficient (Wildman–Crippen LogP) is 3.55. The summed E-state index contributed by atoms with van der Waals surface area (Å²) in [5, 5.41) is 3.49. The fourth-order valence-corrected chi connectivity index (χ4v) is 3.48. The molecule has 106 valence electrons. The molecule has 4 heteroatoms. The Morgan fingerprint density at radius 3 is 2.53 bits per heavy atom. The van der Waals surface area contributed by atoms with Crippen LogP contribution < -0.4 is 5.32 Å². The van der Waals surface area contributed by atoms with Crippen molar-refractivity contribution in [2.24, 2.45) is 0 Å². The highest BCUT2D eigenvalue weighted by atomic mass is 79.9. The van der Waals surface area contributed by atoms with Crippen molar-refractivity contribution >= 4 is 15.9 Å². The fourth-order valence-electron chi connectivity index (χ4n) is 2.97. The number of benzene rings is 1. The molecule has 1 fully saturated rings. The Bertz CT molecular complexity index is 408. The quantitative estimate of drug-likeness (QED) is 0.889. The van der Waals surface area contributed by atoms with Gasteiger partial charge in [0.2, 0.25) is 0 Å². The van der Waals surface area contributed by atoms with Gasteiger partial charge in [-0.3, -0.25) is 0 Å². The zero-order chi connectivity index (χ0) is 13.9. The largest absolute Gasteiger partial charge is 0.311 e. The van der Waals surface area contributed by atoms with E-state index in [1.165, 1.54) is 31.7 Å². The van der Waals surface area contributed by atoms with Gasteiger partial charge in [0.25, 0.3) is 0 Å². The number of nitrogens with one attached hydrogen (secondary N) is 1. The predicted molar refractivity (Wildman–Crippen MR) is 80.7 cm³/mol. The van der Waals surface area contributed by atoms with Crippen molar-refractivity contribution in [1.29, 1.82) is 0 Å². The monoisotopic (exact) mass is 328 g/mol. The van der Waals surface area contributed by atoms with Crippen LogP contribution >= 0.6 is 15.9 Å². The fraction of sp³-hybridized carbons (Fsp3) is 0.600. The highest BCUT2D eigenvalue weighted by molar-refractivity contribution is 9.10. The van der Waals surface area contributed by atoms with Crippen molar-refractivity contribution in [3.63, 3.8) is 0 Å². The summed E-state index contributed by atoms with van der Waals surface area (Å²) in [5.41, 5.74) is 1.27. The third-order valence-electron chi connectivity index (χ3n) is 4.19. The van der Waals surface area contributed by atoms with Crippen LogP contribution in [0.2, 0.25) is 0 Å². The molecule has 0 saturated heterocycles. The first kappa shape index (κ1) is 14.9. The van der Waals surface area contributed by atoms with E-state index in [9.17, 15) is 4.39 Å². The molecular weight excluding hydrogens is 307 g/mol. The Morgan fingerprint density at radius 2 is 1.95 bits per heavy atom. The summed E-state index contributed by atoms with van der Waals surface area (Å²) in [6, 6.07) is 5.05. The molecule has 0 bridgehead atoms. The van der Waals surface area contributed by atoms with E-state index in [2.05, 4.69) is 40.2 Å². The summed E-state index contributed by atoms with van der Waals surface area (Å²) in [6.07, 6.45) is 5.12. The molecule has 2 rings (SSSR count). The van der Waals surface area contributed by atoms with Crippen LogP contribution in [0.25, 0.3) is 0 Å². The molecule has 0 heterocycles. The number of nitrogens with zero attached hydrogens (tertiary/aromatic N) is 1. The van der Waals surface area contributed by atoms with Crippen molar-refractivity contribution in [2.45, 2.75) is 37.8 Å². The molecule has 0 aliphatic heterocycles. The first-order valence-electron chi connectivity index (χ1n) is 6.85. The molecule has 1 aromatic carbocycles. The van der Waals surface area contributed by atoms with Gasteiger partial charge in [-0.25, -0.2) is 4.39 Å². The normalized spacial score (nSPS) is 18.2. The third kappa shape index (κ3) is 3.77. The minimum atomic E-state index is -0.186. The molecule has 1 aromatic rings. The number of likely N-dealkylation sites (N-methyl/N-ethyl adjacent to an activating group) is 1. The molecule has 2 nitrogen and oxygen atoms in total. The third-order valence-corrected chi connectivity index (χ3v) is 4.65. The Hall–Kier alpha value is -0.450. The van der Waals surface area contributed by atoms with Crippen molar-refractivity contribution in [2.75, 3.05) is 20.6 Å². The number of rotatable bonds is 5. The van der Waals surface area contributed by atoms with E-state index in [1.807, 2.05) is 6.07 Å². The summed E-state index contributed by atoms with van der Waals surface area (Å²) >= 11 is 3.33. The zero-order valence-electron chi connectivity index (χ0n) is 11.7. The molecule has 1 saturated carbocycles. The molecular formula is C15H22BrFN2. The van der Waals surface area contributed by atoms with Gasteiger partial charge in [-0.05, 0) is 50.7 Å². The molecule has 1 aliphatic carbocycles. The summed E-state index contributed by atoms with van der Waals surface area (Å²) in [5.74, 6) is -0.186. The maximum atomic E-state index is 13.3. The van der Waals surface area contributed by atoms with E-state index in [0.717, 1.165) is 16.6 Å². The minimum Gasteiger partial charge on any atom is -0.311 e. The van der Waals surface area contributed by atoms with Crippen molar-refractivity contribution in [1.82, 2.24) is 10.2 Å². The van der Waals surface area contributed by atoms with Gasteiger partial charge in [-0.2, -0.15) is 0 Å². The minimum absolute atomic E-state index is 0.186. The van der Waals surface area contributed by atoms with Crippen LogP contribution in [0.1, 0.15) is 31.2 Å². The van der Waals surface area contributed by atoms with E-state index >= 15 is 0 Å². The van der Waals surface area contributed by atoms with E-state index in [4.69, 9.17) is 0 Å². The second kappa shape index (κ2) is 6.33. The molecule has 0 aromatic heterocycles. The summed E-state index contributed by atoms with van der Waals surface area (Å²) in [4.78, 5) is 2.34. The van der Waals surface area contributed by atoms with Crippen LogP contribution in [0.5, 0.6) is 0 Å². The van der Waals surface area contributed by atoms with Gasteiger partial charge >= 0.3 is 0 Å². The average Bonchev–Trinajstić information content (AvgIpc) is 2.77. The van der Waals surface area contributed by atoms with Crippen LogP contribution in [0.3, 0.4) is 0 Å². The lowest BCUT2D eigenvalue weighted by molar-refractivity contribution is 0.153. The Balaban J connectivity index is 1.92.